The zero-order valence-electron chi connectivity index (χ0n) is 18.3. The number of benzene rings is 1. The molecule has 0 heterocycles. The number of nitrogens with one attached hydrogen (secondary N) is 3. The summed E-state index contributed by atoms with van der Waals surface area (Å²) in [6, 6.07) is 8.57. The van der Waals surface area contributed by atoms with Crippen molar-refractivity contribution in [3.8, 4) is 0 Å². The maximum Gasteiger partial charge on any atom is 0.407 e. The number of hydrogen-bond donors (Lipinski definition) is 3. The molecule has 0 atom stereocenters. The van der Waals surface area contributed by atoms with Gasteiger partial charge in [0, 0.05) is 46.0 Å². The number of carbonyl (C=O) groups is 1. The Bertz CT molecular complexity index is 606. The Morgan fingerprint density at radius 3 is 2.32 bits per heavy atom. The molecule has 1 amide bonds. The van der Waals surface area contributed by atoms with Crippen molar-refractivity contribution in [2.75, 3.05) is 45.2 Å². The molecule has 0 aliphatic carbocycles. The van der Waals surface area contributed by atoms with Crippen LogP contribution in [-0.4, -0.2) is 57.9 Å². The summed E-state index contributed by atoms with van der Waals surface area (Å²) in [5.41, 5.74) is 2.01. The number of guanidine groups is 1. The van der Waals surface area contributed by atoms with Gasteiger partial charge in [0.15, 0.2) is 5.96 Å². The molecule has 0 aliphatic rings. The third-order valence-electron chi connectivity index (χ3n) is 3.78. The number of aliphatic imine (C=N–C) groups is 1. The second-order valence-electron chi connectivity index (χ2n) is 7.78. The largest absolute Gasteiger partial charge is 0.444 e. The molecular formula is C21H37N5O2. The van der Waals surface area contributed by atoms with Crippen LogP contribution in [0.15, 0.2) is 29.3 Å². The highest BCUT2D eigenvalue weighted by Gasteiger charge is 2.15. The third kappa shape index (κ3) is 10.6. The first-order chi connectivity index (χ1) is 13.2. The van der Waals surface area contributed by atoms with Gasteiger partial charge in [0.05, 0.1) is 0 Å². The van der Waals surface area contributed by atoms with E-state index in [0.29, 0.717) is 13.1 Å². The second-order valence-corrected chi connectivity index (χ2v) is 7.78. The van der Waals surface area contributed by atoms with Gasteiger partial charge in [-0.3, -0.25) is 4.99 Å². The van der Waals surface area contributed by atoms with Crippen molar-refractivity contribution in [2.24, 2.45) is 4.99 Å². The van der Waals surface area contributed by atoms with Crippen molar-refractivity contribution < 1.29 is 9.53 Å². The van der Waals surface area contributed by atoms with Gasteiger partial charge in [-0.1, -0.05) is 12.1 Å². The van der Waals surface area contributed by atoms with E-state index in [4.69, 9.17) is 4.74 Å². The summed E-state index contributed by atoms with van der Waals surface area (Å²) in [4.78, 5) is 18.2. The topological polar surface area (TPSA) is 78.0 Å². The fourth-order valence-electron chi connectivity index (χ4n) is 2.40. The van der Waals surface area contributed by atoms with Crippen molar-refractivity contribution in [1.29, 1.82) is 0 Å². The van der Waals surface area contributed by atoms with Gasteiger partial charge in [0.25, 0.3) is 0 Å². The zero-order valence-corrected chi connectivity index (χ0v) is 18.3. The molecule has 7 heteroatoms. The minimum atomic E-state index is -0.475. The fraction of sp³-hybridized carbons (Fsp3) is 0.619. The second kappa shape index (κ2) is 12.1. The summed E-state index contributed by atoms with van der Waals surface area (Å²) in [6.45, 7) is 10.4. The van der Waals surface area contributed by atoms with Gasteiger partial charge < -0.3 is 25.6 Å². The third-order valence-corrected chi connectivity index (χ3v) is 3.78. The summed E-state index contributed by atoms with van der Waals surface area (Å²) >= 11 is 0. The van der Waals surface area contributed by atoms with Gasteiger partial charge in [0.1, 0.15) is 5.60 Å². The summed E-state index contributed by atoms with van der Waals surface area (Å²) in [5, 5.41) is 9.34. The van der Waals surface area contributed by atoms with Gasteiger partial charge >= 0.3 is 6.09 Å². The molecule has 1 rings (SSSR count). The van der Waals surface area contributed by atoms with Crippen LogP contribution in [0.3, 0.4) is 0 Å². The molecule has 0 saturated heterocycles. The Hall–Kier alpha value is -2.44. The van der Waals surface area contributed by atoms with Crippen LogP contribution in [0.25, 0.3) is 0 Å². The molecule has 0 fully saturated rings. The number of rotatable bonds is 9. The van der Waals surface area contributed by atoms with Gasteiger partial charge in [-0.2, -0.15) is 0 Å². The van der Waals surface area contributed by atoms with Crippen LogP contribution in [0.1, 0.15) is 39.7 Å². The molecule has 0 radical (unpaired) electrons. The maximum atomic E-state index is 11.6. The molecule has 0 spiro atoms. The van der Waals surface area contributed by atoms with E-state index in [1.165, 1.54) is 11.3 Å². The number of ether oxygens (including phenoxy) is 1. The molecule has 0 aromatic heterocycles. The highest BCUT2D eigenvalue weighted by Crippen LogP contribution is 2.12. The van der Waals surface area contributed by atoms with Crippen LogP contribution >= 0.6 is 0 Å². The quantitative estimate of drug-likeness (QED) is 0.343. The van der Waals surface area contributed by atoms with Crippen LogP contribution in [0.4, 0.5) is 10.5 Å². The van der Waals surface area contributed by atoms with E-state index in [1.807, 2.05) is 41.8 Å². The molecule has 0 aliphatic heterocycles. The van der Waals surface area contributed by atoms with Crippen molar-refractivity contribution in [2.45, 2.75) is 46.1 Å². The van der Waals surface area contributed by atoms with Crippen molar-refractivity contribution in [3.63, 3.8) is 0 Å². The van der Waals surface area contributed by atoms with E-state index in [0.717, 1.165) is 31.9 Å². The number of anilines is 1. The molecule has 158 valence electrons. The van der Waals surface area contributed by atoms with Crippen LogP contribution in [0.2, 0.25) is 0 Å². The smallest absolute Gasteiger partial charge is 0.407 e. The lowest BCUT2D eigenvalue weighted by atomic mass is 10.1. The Balaban J connectivity index is 2.32. The number of hydrogen-bond acceptors (Lipinski definition) is 4. The molecule has 3 N–H and O–H groups in total. The lowest BCUT2D eigenvalue weighted by molar-refractivity contribution is 0.0527. The molecule has 1 aromatic rings. The average Bonchev–Trinajstić information content (AvgIpc) is 2.60. The SMILES string of the molecule is CCNC(=NCCCNC(=O)OC(C)(C)C)NCCc1ccc(N(C)C)cc1. The number of alkyl carbamates (subject to hydrolysis) is 1. The normalized spacial score (nSPS) is 11.7. The first-order valence-corrected chi connectivity index (χ1v) is 9.96. The van der Waals surface area contributed by atoms with Gasteiger partial charge in [-0.25, -0.2) is 4.79 Å². The van der Waals surface area contributed by atoms with E-state index in [-0.39, 0.29) is 6.09 Å². The highest BCUT2D eigenvalue weighted by molar-refractivity contribution is 5.79. The standard InChI is InChI=1S/C21H37N5O2/c1-7-22-19(23-14-8-15-25-20(27)28-21(2,3)4)24-16-13-17-9-11-18(12-10-17)26(5)6/h9-12H,7-8,13-16H2,1-6H3,(H,25,27)(H2,22,23,24). The van der Waals surface area contributed by atoms with Crippen LogP contribution in [-0.2, 0) is 11.2 Å². The van der Waals surface area contributed by atoms with E-state index in [1.54, 1.807) is 0 Å². The number of carbonyl (C=O) groups excluding carboxylic acids is 1. The predicted molar refractivity (Wildman–Crippen MR) is 117 cm³/mol. The predicted octanol–water partition coefficient (Wildman–Crippen LogP) is 2.77. The van der Waals surface area contributed by atoms with E-state index >= 15 is 0 Å². The Morgan fingerprint density at radius 2 is 1.75 bits per heavy atom. The molecule has 1 aromatic carbocycles. The van der Waals surface area contributed by atoms with Gasteiger partial charge in [-0.15, -0.1) is 0 Å². The maximum absolute atomic E-state index is 11.6. The Morgan fingerprint density at radius 1 is 1.07 bits per heavy atom. The molecular weight excluding hydrogens is 354 g/mol. The zero-order chi connectivity index (χ0) is 21.0. The number of nitrogens with zero attached hydrogens (tertiary/aromatic N) is 2. The van der Waals surface area contributed by atoms with E-state index in [2.05, 4.69) is 50.1 Å². The monoisotopic (exact) mass is 391 g/mol. The Kier molecular flexibility index (Phi) is 10.2. The lowest BCUT2D eigenvalue weighted by Gasteiger charge is -2.19. The van der Waals surface area contributed by atoms with Crippen molar-refractivity contribution in [1.82, 2.24) is 16.0 Å². The molecule has 0 unspecified atom stereocenters. The lowest BCUT2D eigenvalue weighted by Crippen LogP contribution is -2.38. The Labute approximate surface area is 169 Å². The molecule has 28 heavy (non-hydrogen) atoms. The van der Waals surface area contributed by atoms with E-state index in [9.17, 15) is 4.79 Å². The minimum absolute atomic E-state index is 0.387. The molecule has 0 bridgehead atoms. The van der Waals surface area contributed by atoms with Gasteiger partial charge in [-0.05, 0) is 58.2 Å². The van der Waals surface area contributed by atoms with E-state index < -0.39 is 5.60 Å². The van der Waals surface area contributed by atoms with Crippen LogP contribution < -0.4 is 20.9 Å². The number of amides is 1. The van der Waals surface area contributed by atoms with Crippen LogP contribution in [0.5, 0.6) is 0 Å². The summed E-state index contributed by atoms with van der Waals surface area (Å²) < 4.78 is 5.21. The fourth-order valence-corrected chi connectivity index (χ4v) is 2.40. The summed E-state index contributed by atoms with van der Waals surface area (Å²) in [5.74, 6) is 0.796. The van der Waals surface area contributed by atoms with Crippen molar-refractivity contribution >= 4 is 17.7 Å². The van der Waals surface area contributed by atoms with Gasteiger partial charge in [0.2, 0.25) is 0 Å². The summed E-state index contributed by atoms with van der Waals surface area (Å²) in [7, 11) is 4.08. The van der Waals surface area contributed by atoms with Crippen molar-refractivity contribution in [3.05, 3.63) is 29.8 Å². The first kappa shape index (κ1) is 23.6. The molecule has 7 nitrogen and oxygen atoms in total. The minimum Gasteiger partial charge on any atom is -0.444 e. The van der Waals surface area contributed by atoms with Crippen LogP contribution in [0, 0.1) is 0 Å². The average molecular weight is 392 g/mol. The highest BCUT2D eigenvalue weighted by atomic mass is 16.6. The molecule has 0 saturated carbocycles. The summed E-state index contributed by atoms with van der Waals surface area (Å²) in [6.07, 6.45) is 1.29. The first-order valence-electron chi connectivity index (χ1n) is 9.96.